The van der Waals surface area contributed by atoms with E-state index in [1.54, 1.807) is 0 Å². The van der Waals surface area contributed by atoms with Crippen LogP contribution < -0.4 is 20.7 Å². The van der Waals surface area contributed by atoms with Crippen LogP contribution in [0, 0.1) is 0 Å². The van der Waals surface area contributed by atoms with Crippen molar-refractivity contribution in [1.29, 1.82) is 0 Å². The summed E-state index contributed by atoms with van der Waals surface area (Å²) in [6.45, 7) is 6.49. The van der Waals surface area contributed by atoms with Crippen LogP contribution >= 0.6 is 0 Å². The molecule has 11 heteroatoms. The lowest BCUT2D eigenvalue weighted by Crippen LogP contribution is -2.25. The van der Waals surface area contributed by atoms with Crippen LogP contribution in [0.3, 0.4) is 0 Å². The van der Waals surface area contributed by atoms with E-state index in [1.807, 2.05) is 35.2 Å². The van der Waals surface area contributed by atoms with Gasteiger partial charge in [0, 0.05) is 18.3 Å². The predicted octanol–water partition coefficient (Wildman–Crippen LogP) is 4.40. The number of nitrogens with zero attached hydrogens (tertiary/aromatic N) is 4. The van der Waals surface area contributed by atoms with Crippen molar-refractivity contribution in [2.75, 3.05) is 44.0 Å². The van der Waals surface area contributed by atoms with Gasteiger partial charge in [-0.3, -0.25) is 9.36 Å². The van der Waals surface area contributed by atoms with Crippen molar-refractivity contribution in [2.45, 2.75) is 64.6 Å². The lowest BCUT2D eigenvalue weighted by atomic mass is 10.2. The molecular formula is C27H39N7O4. The molecule has 4 rings (SSSR count). The summed E-state index contributed by atoms with van der Waals surface area (Å²) in [6, 6.07) is 7.95. The van der Waals surface area contributed by atoms with Gasteiger partial charge in [0.25, 0.3) is 0 Å². The molecular weight excluding hydrogens is 486 g/mol. The van der Waals surface area contributed by atoms with Crippen LogP contribution in [0.1, 0.15) is 58.6 Å². The van der Waals surface area contributed by atoms with E-state index in [0.717, 1.165) is 67.7 Å². The van der Waals surface area contributed by atoms with E-state index in [-0.39, 0.29) is 24.8 Å². The number of aromatic nitrogens is 4. The average molecular weight is 526 g/mol. The van der Waals surface area contributed by atoms with Gasteiger partial charge in [0.15, 0.2) is 17.0 Å². The minimum atomic E-state index is -0.276. The van der Waals surface area contributed by atoms with E-state index in [1.165, 1.54) is 7.11 Å². The van der Waals surface area contributed by atoms with Crippen molar-refractivity contribution in [1.82, 2.24) is 24.8 Å². The summed E-state index contributed by atoms with van der Waals surface area (Å²) in [5.41, 5.74) is 2.35. The Balaban J connectivity index is 1.43. The zero-order valence-electron chi connectivity index (χ0n) is 22.5. The fourth-order valence-corrected chi connectivity index (χ4v) is 4.38. The quantitative estimate of drug-likeness (QED) is 0.206. The number of carbonyl (C=O) groups excluding carboxylic acids is 1. The zero-order valence-corrected chi connectivity index (χ0v) is 22.5. The van der Waals surface area contributed by atoms with Crippen LogP contribution in [0.2, 0.25) is 0 Å². The minimum absolute atomic E-state index is 0.0653. The highest BCUT2D eigenvalue weighted by Gasteiger charge is 2.22. The SMILES string of the molecule is CCCC(C)Nc1nc(Nc2ccc(OCCCNCC(=O)OC)cc2)nc2c1ncn2C1CCCCO1. The fraction of sp³-hybridized carbons (Fsp3) is 0.556. The second-order valence-corrected chi connectivity index (χ2v) is 9.48. The first-order valence-corrected chi connectivity index (χ1v) is 13.5. The number of fused-ring (bicyclic) bond motifs is 1. The minimum Gasteiger partial charge on any atom is -0.494 e. The number of ether oxygens (including phenoxy) is 3. The summed E-state index contributed by atoms with van der Waals surface area (Å²) in [7, 11) is 1.38. The molecule has 206 valence electrons. The monoisotopic (exact) mass is 525 g/mol. The molecule has 1 aliphatic rings. The van der Waals surface area contributed by atoms with Gasteiger partial charge in [-0.15, -0.1) is 0 Å². The topological polar surface area (TPSA) is 124 Å². The van der Waals surface area contributed by atoms with E-state index in [2.05, 4.69) is 39.5 Å². The molecule has 0 saturated carbocycles. The van der Waals surface area contributed by atoms with Gasteiger partial charge in [-0.05, 0) is 69.8 Å². The van der Waals surface area contributed by atoms with Crippen molar-refractivity contribution in [2.24, 2.45) is 0 Å². The number of imidazole rings is 1. The van der Waals surface area contributed by atoms with Crippen LogP contribution in [0.4, 0.5) is 17.5 Å². The van der Waals surface area contributed by atoms with Crippen molar-refractivity contribution in [3.63, 3.8) is 0 Å². The first-order valence-electron chi connectivity index (χ1n) is 13.5. The van der Waals surface area contributed by atoms with Crippen LogP contribution in [0.25, 0.3) is 11.2 Å². The van der Waals surface area contributed by atoms with Gasteiger partial charge in [-0.2, -0.15) is 9.97 Å². The summed E-state index contributed by atoms with van der Waals surface area (Å²) in [6.07, 6.45) is 7.78. The summed E-state index contributed by atoms with van der Waals surface area (Å²) in [4.78, 5) is 25.4. The van der Waals surface area contributed by atoms with Crippen molar-refractivity contribution < 1.29 is 19.0 Å². The summed E-state index contributed by atoms with van der Waals surface area (Å²) in [5.74, 6) is 1.70. The molecule has 3 aromatic rings. The lowest BCUT2D eigenvalue weighted by molar-refractivity contribution is -0.139. The maximum Gasteiger partial charge on any atom is 0.319 e. The Hall–Kier alpha value is -3.44. The van der Waals surface area contributed by atoms with Gasteiger partial charge < -0.3 is 30.2 Å². The Morgan fingerprint density at radius 3 is 2.82 bits per heavy atom. The molecule has 0 radical (unpaired) electrons. The number of hydrogen-bond donors (Lipinski definition) is 3. The van der Waals surface area contributed by atoms with E-state index < -0.39 is 0 Å². The molecule has 1 aliphatic heterocycles. The second-order valence-electron chi connectivity index (χ2n) is 9.48. The molecule has 1 fully saturated rings. The molecule has 3 N–H and O–H groups in total. The van der Waals surface area contributed by atoms with Gasteiger partial charge in [0.05, 0.1) is 26.6 Å². The Kier molecular flexibility index (Phi) is 10.1. The summed E-state index contributed by atoms with van der Waals surface area (Å²) in [5, 5.41) is 9.88. The van der Waals surface area contributed by atoms with Gasteiger partial charge in [-0.1, -0.05) is 13.3 Å². The van der Waals surface area contributed by atoms with Crippen molar-refractivity contribution >= 4 is 34.6 Å². The molecule has 1 aromatic carbocycles. The third-order valence-corrected chi connectivity index (χ3v) is 6.37. The third kappa shape index (κ3) is 7.55. The number of carbonyl (C=O) groups is 1. The number of methoxy groups -OCH3 is 1. The first kappa shape index (κ1) is 27.6. The van der Waals surface area contributed by atoms with E-state index >= 15 is 0 Å². The molecule has 2 unspecified atom stereocenters. The van der Waals surface area contributed by atoms with Crippen LogP contribution in [-0.4, -0.2) is 64.9 Å². The van der Waals surface area contributed by atoms with Crippen LogP contribution in [-0.2, 0) is 14.3 Å². The number of benzene rings is 1. The van der Waals surface area contributed by atoms with Crippen molar-refractivity contribution in [3.8, 4) is 5.75 Å². The fourth-order valence-electron chi connectivity index (χ4n) is 4.38. The highest BCUT2D eigenvalue weighted by Crippen LogP contribution is 2.30. The molecule has 2 atom stereocenters. The normalized spacial score (nSPS) is 16.2. The third-order valence-electron chi connectivity index (χ3n) is 6.37. The average Bonchev–Trinajstić information content (AvgIpc) is 3.36. The molecule has 0 amide bonds. The Bertz CT molecular complexity index is 1160. The second kappa shape index (κ2) is 13.9. The lowest BCUT2D eigenvalue weighted by Gasteiger charge is -2.24. The molecule has 0 aliphatic carbocycles. The molecule has 0 bridgehead atoms. The summed E-state index contributed by atoms with van der Waals surface area (Å²) >= 11 is 0. The highest BCUT2D eigenvalue weighted by molar-refractivity contribution is 5.85. The van der Waals surface area contributed by atoms with Gasteiger partial charge in [0.2, 0.25) is 5.95 Å². The van der Waals surface area contributed by atoms with Gasteiger partial charge in [0.1, 0.15) is 12.0 Å². The number of nitrogens with one attached hydrogen (secondary N) is 3. The van der Waals surface area contributed by atoms with E-state index in [4.69, 9.17) is 19.4 Å². The van der Waals surface area contributed by atoms with Crippen molar-refractivity contribution in [3.05, 3.63) is 30.6 Å². The number of rotatable bonds is 14. The maximum absolute atomic E-state index is 11.1. The summed E-state index contributed by atoms with van der Waals surface area (Å²) < 4.78 is 18.4. The molecule has 11 nitrogen and oxygen atoms in total. The van der Waals surface area contributed by atoms with E-state index in [9.17, 15) is 4.79 Å². The Labute approximate surface area is 223 Å². The smallest absolute Gasteiger partial charge is 0.319 e. The predicted molar refractivity (Wildman–Crippen MR) is 147 cm³/mol. The Morgan fingerprint density at radius 2 is 2.08 bits per heavy atom. The number of hydrogen-bond acceptors (Lipinski definition) is 10. The van der Waals surface area contributed by atoms with Gasteiger partial charge in [-0.25, -0.2) is 4.98 Å². The number of esters is 1. The highest BCUT2D eigenvalue weighted by atomic mass is 16.5. The zero-order chi connectivity index (χ0) is 26.7. The first-order chi connectivity index (χ1) is 18.6. The van der Waals surface area contributed by atoms with Crippen LogP contribution in [0.15, 0.2) is 30.6 Å². The Morgan fingerprint density at radius 1 is 1.24 bits per heavy atom. The molecule has 38 heavy (non-hydrogen) atoms. The standard InChI is InChI=1S/C27H39N7O4/c1-4-8-19(2)30-25-24-26(34(18-29-24)22-9-5-6-15-38-22)33-27(32-25)31-20-10-12-21(13-11-20)37-16-7-14-28-17-23(35)36-3/h10-13,18-19,22,28H,4-9,14-17H2,1-3H3,(H2,30,31,32,33). The molecule has 0 spiro atoms. The molecule has 3 heterocycles. The van der Waals surface area contributed by atoms with E-state index in [0.29, 0.717) is 24.9 Å². The molecule has 2 aromatic heterocycles. The van der Waals surface area contributed by atoms with Crippen LogP contribution in [0.5, 0.6) is 5.75 Å². The number of anilines is 3. The van der Waals surface area contributed by atoms with Gasteiger partial charge >= 0.3 is 5.97 Å². The maximum atomic E-state index is 11.1. The molecule has 1 saturated heterocycles. The largest absolute Gasteiger partial charge is 0.494 e.